The summed E-state index contributed by atoms with van der Waals surface area (Å²) in [6.07, 6.45) is 64.3. The third-order valence-electron chi connectivity index (χ3n) is 12.3. The van der Waals surface area contributed by atoms with Crippen LogP contribution in [0.1, 0.15) is 252 Å². The molecule has 0 aromatic rings. The van der Waals surface area contributed by atoms with Crippen LogP contribution >= 0.6 is 7.82 Å². The van der Waals surface area contributed by atoms with E-state index in [1.54, 1.807) is 0 Å². The quantitative estimate of drug-likeness (QED) is 0.0197. The smallest absolute Gasteiger partial charge is 0.462 e. The van der Waals surface area contributed by atoms with Crippen LogP contribution in [0.3, 0.4) is 0 Å². The van der Waals surface area contributed by atoms with Crippen LogP contribution in [-0.2, 0) is 42.2 Å². The number of esters is 3. The summed E-state index contributed by atoms with van der Waals surface area (Å²) in [5, 5.41) is 9.78. The van der Waals surface area contributed by atoms with E-state index in [2.05, 4.69) is 93.7 Å². The SMILES string of the molecule is CC/C=C\C/C=C\C/C=C\C/C=C\C/C=C\C/C=C\CCC(=O)OC(COC(=O)CCCCCCCCCCC/C=C\CCCCCCCC)COP(=O)(O)OCC(CO)OC(=O)CCCCCCCCCCC. The van der Waals surface area contributed by atoms with Crippen LogP contribution in [0.25, 0.3) is 0 Å². The second-order valence-electron chi connectivity index (χ2n) is 19.4. The first-order chi connectivity index (χ1) is 36.2. The molecule has 0 saturated carbocycles. The van der Waals surface area contributed by atoms with Gasteiger partial charge >= 0.3 is 25.7 Å². The van der Waals surface area contributed by atoms with Gasteiger partial charge in [0, 0.05) is 19.3 Å². The predicted molar refractivity (Wildman–Crippen MR) is 307 cm³/mol. The average Bonchev–Trinajstić information content (AvgIpc) is 3.39. The fraction of sp³-hybridized carbons (Fsp3) is 0.726. The molecule has 11 nitrogen and oxygen atoms in total. The third kappa shape index (κ3) is 53.5. The Morgan fingerprint density at radius 2 is 0.730 bits per heavy atom. The minimum Gasteiger partial charge on any atom is -0.462 e. The number of rotatable bonds is 54. The number of carbonyl (C=O) groups excluding carboxylic acids is 3. The van der Waals surface area contributed by atoms with E-state index in [1.807, 2.05) is 12.2 Å². The molecule has 0 fully saturated rings. The molecular formula is C62H107O11P. The predicted octanol–water partition coefficient (Wildman–Crippen LogP) is 17.5. The standard InChI is InChI=1S/C62H107O11P/c1-4-7-10-13-16-19-21-23-25-27-29-31-33-35-37-40-42-45-48-51-60(64)69-55-59(57-71-74(67,68)70-56-58(54-63)72-61(65)52-49-46-43-39-18-15-12-9-6-3)73-62(66)53-50-47-44-41-38-36-34-32-30-28-26-24-22-20-17-14-11-8-5-2/h8,11,17,20,23-26,30,32,36,38,44,47,58-59,63H,4-7,9-10,12-16,18-19,21-22,27-29,31,33-35,37,39-43,45-46,48-57H2,1-3H3,(H,67,68)/b11-8-,20-17-,25-23-,26-24-,32-30-,38-36-,47-44-. The summed E-state index contributed by atoms with van der Waals surface area (Å²) in [5.74, 6) is -1.57. The van der Waals surface area contributed by atoms with Gasteiger partial charge in [0.1, 0.15) is 12.7 Å². The largest absolute Gasteiger partial charge is 0.472 e. The minimum absolute atomic E-state index is 0.0409. The number of ether oxygens (including phenoxy) is 3. The molecule has 0 aliphatic heterocycles. The summed E-state index contributed by atoms with van der Waals surface area (Å²) in [4.78, 5) is 48.4. The van der Waals surface area contributed by atoms with E-state index in [0.717, 1.165) is 70.6 Å². The lowest BCUT2D eigenvalue weighted by Crippen LogP contribution is -2.30. The Bertz CT molecular complexity index is 1560. The van der Waals surface area contributed by atoms with Crippen LogP contribution in [0.5, 0.6) is 0 Å². The highest BCUT2D eigenvalue weighted by atomic mass is 31.2. The number of hydrogen-bond acceptors (Lipinski definition) is 10. The van der Waals surface area contributed by atoms with Crippen molar-refractivity contribution in [3.8, 4) is 0 Å². The molecule has 0 saturated heterocycles. The number of allylic oxidation sites excluding steroid dienone is 14. The molecule has 0 bridgehead atoms. The van der Waals surface area contributed by atoms with Crippen molar-refractivity contribution < 1.29 is 52.2 Å². The van der Waals surface area contributed by atoms with Gasteiger partial charge in [0.05, 0.1) is 19.8 Å². The molecule has 3 unspecified atom stereocenters. The molecule has 0 aromatic heterocycles. The normalized spacial score (nSPS) is 14.0. The molecule has 426 valence electrons. The molecule has 74 heavy (non-hydrogen) atoms. The monoisotopic (exact) mass is 1060 g/mol. The number of phosphoric ester groups is 1. The number of phosphoric acid groups is 1. The zero-order chi connectivity index (χ0) is 54.1. The number of carbonyl (C=O) groups is 3. The third-order valence-corrected chi connectivity index (χ3v) is 13.3. The highest BCUT2D eigenvalue weighted by Crippen LogP contribution is 2.43. The Morgan fingerprint density at radius 1 is 0.392 bits per heavy atom. The lowest BCUT2D eigenvalue weighted by atomic mass is 10.1. The summed E-state index contributed by atoms with van der Waals surface area (Å²) >= 11 is 0. The van der Waals surface area contributed by atoms with Gasteiger partial charge in [-0.05, 0) is 83.5 Å². The zero-order valence-electron chi connectivity index (χ0n) is 47.0. The van der Waals surface area contributed by atoms with Gasteiger partial charge in [-0.15, -0.1) is 0 Å². The highest BCUT2D eigenvalue weighted by Gasteiger charge is 2.28. The molecule has 0 spiro atoms. The Kier molecular flexibility index (Phi) is 53.4. The summed E-state index contributed by atoms with van der Waals surface area (Å²) < 4.78 is 39.4. The van der Waals surface area contributed by atoms with Gasteiger partial charge in [0.25, 0.3) is 0 Å². The lowest BCUT2D eigenvalue weighted by molar-refractivity contribution is -0.161. The van der Waals surface area contributed by atoms with Crippen LogP contribution in [0, 0.1) is 0 Å². The Balaban J connectivity index is 4.81. The fourth-order valence-corrected chi connectivity index (χ4v) is 8.63. The Morgan fingerprint density at radius 3 is 1.16 bits per heavy atom. The Labute approximate surface area is 451 Å². The van der Waals surface area contributed by atoms with Crippen molar-refractivity contribution in [1.82, 2.24) is 0 Å². The van der Waals surface area contributed by atoms with Crippen molar-refractivity contribution in [2.45, 2.75) is 264 Å². The highest BCUT2D eigenvalue weighted by molar-refractivity contribution is 7.47. The van der Waals surface area contributed by atoms with Crippen molar-refractivity contribution in [3.05, 3.63) is 85.1 Å². The second kappa shape index (κ2) is 55.9. The van der Waals surface area contributed by atoms with E-state index in [4.69, 9.17) is 23.3 Å². The number of aliphatic hydroxyl groups excluding tert-OH is 1. The first-order valence-corrected chi connectivity index (χ1v) is 31.0. The van der Waals surface area contributed by atoms with Crippen LogP contribution < -0.4 is 0 Å². The molecule has 0 rings (SSSR count). The van der Waals surface area contributed by atoms with Crippen LogP contribution in [0.4, 0.5) is 0 Å². The molecule has 0 aromatic carbocycles. The molecular weight excluding hydrogens is 952 g/mol. The molecule has 0 heterocycles. The topological polar surface area (TPSA) is 155 Å². The van der Waals surface area contributed by atoms with E-state index < -0.39 is 57.8 Å². The molecule has 0 aliphatic rings. The van der Waals surface area contributed by atoms with Crippen LogP contribution in [-0.4, -0.2) is 66.5 Å². The maximum atomic E-state index is 12.9. The maximum absolute atomic E-state index is 12.9. The lowest BCUT2D eigenvalue weighted by Gasteiger charge is -2.21. The van der Waals surface area contributed by atoms with Crippen molar-refractivity contribution in [1.29, 1.82) is 0 Å². The van der Waals surface area contributed by atoms with E-state index in [9.17, 15) is 28.9 Å². The van der Waals surface area contributed by atoms with Crippen LogP contribution in [0.15, 0.2) is 85.1 Å². The summed E-state index contributed by atoms with van der Waals surface area (Å²) in [6, 6.07) is 0. The van der Waals surface area contributed by atoms with Crippen molar-refractivity contribution in [3.63, 3.8) is 0 Å². The molecule has 0 radical (unpaired) electrons. The second-order valence-corrected chi connectivity index (χ2v) is 20.9. The number of hydrogen-bond donors (Lipinski definition) is 2. The van der Waals surface area contributed by atoms with E-state index in [1.165, 1.54) is 116 Å². The van der Waals surface area contributed by atoms with Crippen LogP contribution in [0.2, 0.25) is 0 Å². The van der Waals surface area contributed by atoms with Gasteiger partial charge in [0.2, 0.25) is 0 Å². The first kappa shape index (κ1) is 70.7. The molecule has 0 aliphatic carbocycles. The van der Waals surface area contributed by atoms with Gasteiger partial charge in [-0.3, -0.25) is 23.4 Å². The van der Waals surface area contributed by atoms with Crippen molar-refractivity contribution in [2.24, 2.45) is 0 Å². The maximum Gasteiger partial charge on any atom is 0.472 e. The van der Waals surface area contributed by atoms with Gasteiger partial charge < -0.3 is 24.2 Å². The van der Waals surface area contributed by atoms with Crippen molar-refractivity contribution in [2.75, 3.05) is 26.4 Å². The zero-order valence-corrected chi connectivity index (χ0v) is 47.9. The average molecular weight is 1060 g/mol. The van der Waals surface area contributed by atoms with E-state index in [-0.39, 0.29) is 25.9 Å². The first-order valence-electron chi connectivity index (χ1n) is 29.5. The summed E-state index contributed by atoms with van der Waals surface area (Å²) in [7, 11) is -4.77. The molecule has 3 atom stereocenters. The Hall–Kier alpha value is -3.34. The van der Waals surface area contributed by atoms with E-state index >= 15 is 0 Å². The molecule has 12 heteroatoms. The van der Waals surface area contributed by atoms with Gasteiger partial charge in [-0.2, -0.15) is 0 Å². The summed E-state index contributed by atoms with van der Waals surface area (Å²) in [6.45, 7) is 4.43. The van der Waals surface area contributed by atoms with E-state index in [0.29, 0.717) is 25.7 Å². The van der Waals surface area contributed by atoms with Gasteiger partial charge in [0.15, 0.2) is 6.10 Å². The number of unbranched alkanes of at least 4 members (excludes halogenated alkanes) is 23. The van der Waals surface area contributed by atoms with Gasteiger partial charge in [-0.1, -0.05) is 234 Å². The fourth-order valence-electron chi connectivity index (χ4n) is 7.85. The molecule has 2 N–H and O–H groups in total. The molecule has 0 amide bonds. The number of aliphatic hydroxyl groups is 1. The van der Waals surface area contributed by atoms with Crippen molar-refractivity contribution >= 4 is 25.7 Å². The summed E-state index contributed by atoms with van der Waals surface area (Å²) in [5.41, 5.74) is 0. The minimum atomic E-state index is -4.77. The van der Waals surface area contributed by atoms with Gasteiger partial charge in [-0.25, -0.2) is 4.57 Å².